The molecule has 0 aromatic heterocycles. The number of hydrogen-bond acceptors (Lipinski definition) is 8. The molecule has 0 bridgehead atoms. The number of nitrogens with one attached hydrogen (secondary N) is 3. The third kappa shape index (κ3) is 6.74. The van der Waals surface area contributed by atoms with E-state index in [1.807, 2.05) is 50.2 Å². The second-order valence-corrected chi connectivity index (χ2v) is 11.0. The van der Waals surface area contributed by atoms with E-state index in [9.17, 15) is 14.4 Å². The van der Waals surface area contributed by atoms with E-state index in [0.717, 1.165) is 16.7 Å². The smallest absolute Gasteiger partial charge is 0.243 e. The van der Waals surface area contributed by atoms with Crippen molar-refractivity contribution in [3.8, 4) is 34.1 Å². The van der Waals surface area contributed by atoms with E-state index in [0.29, 0.717) is 47.0 Å². The second-order valence-electron chi connectivity index (χ2n) is 11.0. The SMILES string of the molecule is COc1ccccc1CNC(=O)[C@@H](Nc1ccc2c(cc1=O)[C@@H](NC(C)=O)CCc1cc(OC)c(OC)c(OC)c1-2)C(C)C. The molecule has 0 spiro atoms. The molecule has 4 rings (SSSR count). The number of anilines is 1. The highest BCUT2D eigenvalue weighted by Crippen LogP contribution is 2.50. The van der Waals surface area contributed by atoms with Crippen molar-refractivity contribution in [1.29, 1.82) is 0 Å². The van der Waals surface area contributed by atoms with Crippen LogP contribution in [-0.2, 0) is 22.6 Å². The first-order valence-electron chi connectivity index (χ1n) is 14.6. The summed E-state index contributed by atoms with van der Waals surface area (Å²) >= 11 is 0. The maximum atomic E-state index is 13.8. The van der Waals surface area contributed by atoms with Gasteiger partial charge in [-0.15, -0.1) is 0 Å². The number of hydrogen-bond donors (Lipinski definition) is 3. The number of aryl methyl sites for hydroxylation is 1. The van der Waals surface area contributed by atoms with Gasteiger partial charge in [0.05, 0.1) is 40.2 Å². The predicted octanol–water partition coefficient (Wildman–Crippen LogP) is 4.62. The van der Waals surface area contributed by atoms with Gasteiger partial charge in [-0.1, -0.05) is 38.1 Å². The molecule has 0 unspecified atom stereocenters. The molecule has 1 aliphatic rings. The predicted molar refractivity (Wildman–Crippen MR) is 170 cm³/mol. The fraction of sp³-hybridized carbons (Fsp3) is 0.382. The van der Waals surface area contributed by atoms with E-state index in [4.69, 9.17) is 18.9 Å². The van der Waals surface area contributed by atoms with Gasteiger partial charge in [-0.2, -0.15) is 0 Å². The topological polar surface area (TPSA) is 124 Å². The highest BCUT2D eigenvalue weighted by atomic mass is 16.5. The molecule has 3 aromatic carbocycles. The lowest BCUT2D eigenvalue weighted by molar-refractivity contribution is -0.123. The third-order valence-electron chi connectivity index (χ3n) is 7.82. The number of rotatable bonds is 11. The first kappa shape index (κ1) is 32.2. The van der Waals surface area contributed by atoms with Gasteiger partial charge < -0.3 is 34.9 Å². The first-order chi connectivity index (χ1) is 21.1. The van der Waals surface area contributed by atoms with Crippen LogP contribution in [0.15, 0.2) is 53.3 Å². The van der Waals surface area contributed by atoms with Crippen molar-refractivity contribution in [1.82, 2.24) is 10.6 Å². The number of para-hydroxylation sites is 1. The fourth-order valence-corrected chi connectivity index (χ4v) is 5.67. The lowest BCUT2D eigenvalue weighted by Crippen LogP contribution is -2.43. The summed E-state index contributed by atoms with van der Waals surface area (Å²) in [7, 11) is 6.24. The zero-order valence-electron chi connectivity index (χ0n) is 26.3. The summed E-state index contributed by atoms with van der Waals surface area (Å²) in [5, 5.41) is 9.18. The Morgan fingerprint density at radius 1 is 0.909 bits per heavy atom. The maximum Gasteiger partial charge on any atom is 0.243 e. The zero-order chi connectivity index (χ0) is 32.0. The standard InChI is InChI=1S/C34H41N3O7/c1-19(2)31(34(40)35-18-22-10-8-9-11-28(22)41-4)37-26-15-13-23-24(17-27(26)39)25(36-20(3)38)14-12-21-16-29(42-5)32(43-6)33(44-7)30(21)23/h8-11,13,15-17,19,25,31H,12,14,18H2,1-7H3,(H,35,40)(H,36,38)(H,37,39)/t25-,31-/m0/s1. The van der Waals surface area contributed by atoms with Crippen LogP contribution in [0.1, 0.15) is 49.9 Å². The van der Waals surface area contributed by atoms with Crippen LogP contribution in [0.2, 0.25) is 0 Å². The van der Waals surface area contributed by atoms with Crippen LogP contribution in [0, 0.1) is 5.92 Å². The van der Waals surface area contributed by atoms with E-state index in [2.05, 4.69) is 16.0 Å². The molecule has 0 aliphatic heterocycles. The molecule has 3 N–H and O–H groups in total. The van der Waals surface area contributed by atoms with Crippen LogP contribution in [0.4, 0.5) is 5.69 Å². The number of amides is 2. The summed E-state index contributed by atoms with van der Waals surface area (Å²) in [5.41, 5.74) is 3.82. The molecule has 0 saturated carbocycles. The molecular formula is C34H41N3O7. The molecular weight excluding hydrogens is 562 g/mol. The van der Waals surface area contributed by atoms with Crippen LogP contribution >= 0.6 is 0 Å². The van der Waals surface area contributed by atoms with Gasteiger partial charge in [-0.3, -0.25) is 14.4 Å². The summed E-state index contributed by atoms with van der Waals surface area (Å²) in [4.78, 5) is 39.4. The zero-order valence-corrected chi connectivity index (χ0v) is 26.3. The quantitative estimate of drug-likeness (QED) is 0.290. The van der Waals surface area contributed by atoms with Gasteiger partial charge in [0, 0.05) is 24.6 Å². The summed E-state index contributed by atoms with van der Waals surface area (Å²) < 4.78 is 22.5. The molecule has 234 valence electrons. The summed E-state index contributed by atoms with van der Waals surface area (Å²) in [6.07, 6.45) is 1.14. The van der Waals surface area contributed by atoms with Crippen molar-refractivity contribution in [3.05, 3.63) is 75.4 Å². The molecule has 2 atom stereocenters. The number of ether oxygens (including phenoxy) is 4. The molecule has 44 heavy (non-hydrogen) atoms. The summed E-state index contributed by atoms with van der Waals surface area (Å²) in [6, 6.07) is 13.3. The van der Waals surface area contributed by atoms with Crippen molar-refractivity contribution < 1.29 is 28.5 Å². The van der Waals surface area contributed by atoms with Crippen molar-refractivity contribution in [2.45, 2.75) is 52.2 Å². The molecule has 0 saturated heterocycles. The number of carbonyl (C=O) groups excluding carboxylic acids is 2. The highest BCUT2D eigenvalue weighted by Gasteiger charge is 2.30. The Hall–Kier alpha value is -4.73. The van der Waals surface area contributed by atoms with Crippen LogP contribution in [-0.4, -0.2) is 46.3 Å². The Bertz CT molecular complexity index is 1590. The van der Waals surface area contributed by atoms with Gasteiger partial charge >= 0.3 is 0 Å². The first-order valence-corrected chi connectivity index (χ1v) is 14.6. The molecule has 3 aromatic rings. The Balaban J connectivity index is 1.79. The normalized spacial score (nSPS) is 14.3. The van der Waals surface area contributed by atoms with Crippen LogP contribution in [0.5, 0.6) is 23.0 Å². The van der Waals surface area contributed by atoms with Crippen LogP contribution in [0.3, 0.4) is 0 Å². The third-order valence-corrected chi connectivity index (χ3v) is 7.82. The summed E-state index contributed by atoms with van der Waals surface area (Å²) in [6.45, 7) is 5.55. The van der Waals surface area contributed by atoms with Gasteiger partial charge in [0.2, 0.25) is 23.0 Å². The number of methoxy groups -OCH3 is 4. The number of benzene rings is 2. The molecule has 10 nitrogen and oxygen atoms in total. The largest absolute Gasteiger partial charge is 0.496 e. The average Bonchev–Trinajstić information content (AvgIpc) is 3.25. The minimum Gasteiger partial charge on any atom is -0.496 e. The minimum atomic E-state index is -0.697. The van der Waals surface area contributed by atoms with E-state index in [-0.39, 0.29) is 35.4 Å². The summed E-state index contributed by atoms with van der Waals surface area (Å²) in [5.74, 6) is 1.50. The van der Waals surface area contributed by atoms with Gasteiger partial charge in [-0.25, -0.2) is 0 Å². The van der Waals surface area contributed by atoms with Gasteiger partial charge in [0.1, 0.15) is 11.8 Å². The second kappa shape index (κ2) is 14.2. The fourth-order valence-electron chi connectivity index (χ4n) is 5.67. The molecule has 1 aliphatic carbocycles. The maximum absolute atomic E-state index is 13.8. The van der Waals surface area contributed by atoms with E-state index >= 15 is 0 Å². The van der Waals surface area contributed by atoms with Crippen molar-refractivity contribution in [3.63, 3.8) is 0 Å². The van der Waals surface area contributed by atoms with Gasteiger partial charge in [-0.05, 0) is 59.7 Å². The van der Waals surface area contributed by atoms with Crippen molar-refractivity contribution in [2.75, 3.05) is 33.8 Å². The Labute approximate surface area is 258 Å². The lowest BCUT2D eigenvalue weighted by Gasteiger charge is -2.22. The van der Waals surface area contributed by atoms with Crippen molar-refractivity contribution >= 4 is 17.5 Å². The van der Waals surface area contributed by atoms with Crippen LogP contribution in [0.25, 0.3) is 11.1 Å². The molecule has 10 heteroatoms. The van der Waals surface area contributed by atoms with Gasteiger partial charge in [0.25, 0.3) is 0 Å². The van der Waals surface area contributed by atoms with Crippen LogP contribution < -0.4 is 40.3 Å². The molecule has 2 amide bonds. The molecule has 0 radical (unpaired) electrons. The highest BCUT2D eigenvalue weighted by molar-refractivity contribution is 5.86. The monoisotopic (exact) mass is 603 g/mol. The van der Waals surface area contributed by atoms with Gasteiger partial charge in [0.15, 0.2) is 11.5 Å². The molecule has 0 heterocycles. The number of carbonyl (C=O) groups is 2. The van der Waals surface area contributed by atoms with E-state index in [1.165, 1.54) is 20.1 Å². The Morgan fingerprint density at radius 2 is 1.61 bits per heavy atom. The average molecular weight is 604 g/mol. The Kier molecular flexibility index (Phi) is 10.4. The number of fused-ring (bicyclic) bond motifs is 3. The minimum absolute atomic E-state index is 0.139. The molecule has 0 fully saturated rings. The Morgan fingerprint density at radius 3 is 2.25 bits per heavy atom. The lowest BCUT2D eigenvalue weighted by atomic mass is 9.95. The van der Waals surface area contributed by atoms with E-state index in [1.54, 1.807) is 27.4 Å². The van der Waals surface area contributed by atoms with Crippen molar-refractivity contribution in [2.24, 2.45) is 5.92 Å². The van der Waals surface area contributed by atoms with E-state index < -0.39 is 12.1 Å².